The quantitative estimate of drug-likeness (QED) is 0.377. The number of piperidine rings is 1. The molecule has 0 saturated carbocycles. The van der Waals surface area contributed by atoms with Gasteiger partial charge in [0.15, 0.2) is 0 Å². The highest BCUT2D eigenvalue weighted by molar-refractivity contribution is 7.91. The third kappa shape index (κ3) is 5.94. The summed E-state index contributed by atoms with van der Waals surface area (Å²) < 4.78 is 27.4. The summed E-state index contributed by atoms with van der Waals surface area (Å²) in [7, 11) is -4.01. The first-order valence-electron chi connectivity index (χ1n) is 13.7. The highest BCUT2D eigenvalue weighted by Crippen LogP contribution is 2.38. The SMILES string of the molecule is C[C@@H]1C[C@@H](C)CN(CCCNC(=O)c2ccc3c(c2)N(Cc2ccc(Cl)cc2)C(=O)c2ccccc2S3(=O)=O)C1. The number of benzene rings is 3. The van der Waals surface area contributed by atoms with Crippen LogP contribution in [0.4, 0.5) is 5.69 Å². The summed E-state index contributed by atoms with van der Waals surface area (Å²) in [5, 5.41) is 3.53. The van der Waals surface area contributed by atoms with Gasteiger partial charge in [-0.2, -0.15) is 0 Å². The first-order valence-corrected chi connectivity index (χ1v) is 15.5. The van der Waals surface area contributed by atoms with Crippen molar-refractivity contribution in [1.29, 1.82) is 0 Å². The molecule has 2 atom stereocenters. The summed E-state index contributed by atoms with van der Waals surface area (Å²) in [6.45, 7) is 8.26. The predicted octanol–water partition coefficient (Wildman–Crippen LogP) is 5.43. The summed E-state index contributed by atoms with van der Waals surface area (Å²) in [5.74, 6) is 0.606. The van der Waals surface area contributed by atoms with Gasteiger partial charge in [0.25, 0.3) is 11.8 Å². The maximum absolute atomic E-state index is 13.8. The first-order chi connectivity index (χ1) is 19.1. The monoisotopic (exact) mass is 579 g/mol. The second-order valence-corrected chi connectivity index (χ2v) is 13.3. The molecule has 3 aromatic rings. The molecule has 0 aromatic heterocycles. The third-order valence-electron chi connectivity index (χ3n) is 7.59. The Hall–Kier alpha value is -3.20. The molecule has 2 amide bonds. The molecule has 5 rings (SSSR count). The number of sulfone groups is 1. The molecule has 9 heteroatoms. The van der Waals surface area contributed by atoms with E-state index in [4.69, 9.17) is 11.6 Å². The van der Waals surface area contributed by atoms with Gasteiger partial charge >= 0.3 is 0 Å². The zero-order valence-corrected chi connectivity index (χ0v) is 24.3. The summed E-state index contributed by atoms with van der Waals surface area (Å²) in [6.07, 6.45) is 2.07. The van der Waals surface area contributed by atoms with Gasteiger partial charge in [-0.3, -0.25) is 9.59 Å². The molecule has 1 fully saturated rings. The van der Waals surface area contributed by atoms with E-state index in [0.29, 0.717) is 29.0 Å². The predicted molar refractivity (Wildman–Crippen MR) is 157 cm³/mol. The zero-order chi connectivity index (χ0) is 28.4. The van der Waals surface area contributed by atoms with E-state index in [1.54, 1.807) is 36.4 Å². The van der Waals surface area contributed by atoms with Gasteiger partial charge in [-0.1, -0.05) is 49.7 Å². The fourth-order valence-corrected chi connectivity index (χ4v) is 7.62. The number of hydrogen-bond donors (Lipinski definition) is 1. The number of nitrogens with zero attached hydrogens (tertiary/aromatic N) is 2. The van der Waals surface area contributed by atoms with Crippen LogP contribution in [0.3, 0.4) is 0 Å². The fourth-order valence-electron chi connectivity index (χ4n) is 5.86. The minimum Gasteiger partial charge on any atom is -0.352 e. The lowest BCUT2D eigenvalue weighted by Crippen LogP contribution is -2.40. The van der Waals surface area contributed by atoms with Crippen LogP contribution in [0.5, 0.6) is 0 Å². The van der Waals surface area contributed by atoms with Crippen molar-refractivity contribution in [3.8, 4) is 0 Å². The van der Waals surface area contributed by atoms with Crippen molar-refractivity contribution in [1.82, 2.24) is 10.2 Å². The van der Waals surface area contributed by atoms with Gasteiger partial charge in [0, 0.05) is 30.2 Å². The van der Waals surface area contributed by atoms with Crippen molar-refractivity contribution in [3.05, 3.63) is 88.4 Å². The number of nitrogens with one attached hydrogen (secondary N) is 1. The van der Waals surface area contributed by atoms with Gasteiger partial charge < -0.3 is 15.1 Å². The second kappa shape index (κ2) is 11.7. The Morgan fingerprint density at radius 3 is 2.40 bits per heavy atom. The van der Waals surface area contributed by atoms with Crippen LogP contribution in [0.15, 0.2) is 76.5 Å². The Morgan fingerprint density at radius 2 is 1.68 bits per heavy atom. The van der Waals surface area contributed by atoms with Crippen LogP contribution in [0.25, 0.3) is 0 Å². The van der Waals surface area contributed by atoms with Crippen LogP contribution in [0.2, 0.25) is 5.02 Å². The Morgan fingerprint density at radius 1 is 0.975 bits per heavy atom. The molecule has 1 N–H and O–H groups in total. The van der Waals surface area contributed by atoms with Crippen molar-refractivity contribution >= 4 is 38.9 Å². The molecule has 0 spiro atoms. The largest absolute Gasteiger partial charge is 0.352 e. The van der Waals surface area contributed by atoms with Crippen molar-refractivity contribution in [2.45, 2.75) is 43.0 Å². The fraction of sp³-hybridized carbons (Fsp3) is 0.355. The Kier molecular flexibility index (Phi) is 8.31. The van der Waals surface area contributed by atoms with Crippen molar-refractivity contribution in [2.75, 3.05) is 31.1 Å². The average molecular weight is 580 g/mol. The topological polar surface area (TPSA) is 86.8 Å². The molecule has 0 radical (unpaired) electrons. The van der Waals surface area contributed by atoms with E-state index in [0.717, 1.165) is 31.6 Å². The molecule has 0 unspecified atom stereocenters. The summed E-state index contributed by atoms with van der Waals surface area (Å²) in [5.41, 5.74) is 1.35. The molecule has 7 nitrogen and oxygen atoms in total. The number of likely N-dealkylation sites (tertiary alicyclic amines) is 1. The van der Waals surface area contributed by atoms with Crippen molar-refractivity contribution in [2.24, 2.45) is 11.8 Å². The van der Waals surface area contributed by atoms with E-state index in [1.807, 2.05) is 0 Å². The van der Waals surface area contributed by atoms with Gasteiger partial charge in [0.1, 0.15) is 0 Å². The van der Waals surface area contributed by atoms with Gasteiger partial charge in [-0.05, 0) is 79.3 Å². The number of fused-ring (bicyclic) bond motifs is 2. The lowest BCUT2D eigenvalue weighted by atomic mass is 9.92. The van der Waals surface area contributed by atoms with Crippen LogP contribution in [-0.2, 0) is 16.4 Å². The Bertz CT molecular complexity index is 1510. The number of rotatable bonds is 7. The molecular weight excluding hydrogens is 546 g/mol. The van der Waals surface area contributed by atoms with Crippen LogP contribution < -0.4 is 10.2 Å². The maximum Gasteiger partial charge on any atom is 0.259 e. The minimum absolute atomic E-state index is 0.00958. The molecule has 0 aliphatic carbocycles. The average Bonchev–Trinajstić information content (AvgIpc) is 2.99. The van der Waals surface area contributed by atoms with Gasteiger partial charge in [-0.25, -0.2) is 8.42 Å². The molecular formula is C31H34ClN3O4S. The molecule has 2 heterocycles. The summed E-state index contributed by atoms with van der Waals surface area (Å²) in [4.78, 5) is 30.8. The molecule has 1 saturated heterocycles. The van der Waals surface area contributed by atoms with E-state index in [-0.39, 0.29) is 33.5 Å². The normalized spacial score (nSPS) is 20.4. The lowest BCUT2D eigenvalue weighted by molar-refractivity contribution is 0.0944. The number of carbonyl (C=O) groups is 2. The minimum atomic E-state index is -4.01. The number of halogens is 1. The van der Waals surface area contributed by atoms with Crippen LogP contribution in [0.1, 0.15) is 53.0 Å². The highest BCUT2D eigenvalue weighted by Gasteiger charge is 2.36. The van der Waals surface area contributed by atoms with Gasteiger partial charge in [-0.15, -0.1) is 0 Å². The standard InChI is InChI=1S/C31H34ClN3O4S/c1-21-16-22(2)19-34(18-21)15-5-14-33-30(36)24-10-13-29-27(17-24)35(20-23-8-11-25(32)12-9-23)31(37)26-6-3-4-7-28(26)40(29,38)39/h3-4,6-13,17,21-22H,5,14-16,18-20H2,1-2H3,(H,33,36)/t21-,22-/m1/s1. The van der Waals surface area contributed by atoms with Gasteiger partial charge in [0.05, 0.1) is 27.6 Å². The summed E-state index contributed by atoms with van der Waals surface area (Å²) in [6, 6.07) is 17.7. The summed E-state index contributed by atoms with van der Waals surface area (Å²) >= 11 is 6.05. The number of anilines is 1. The lowest BCUT2D eigenvalue weighted by Gasteiger charge is -2.34. The Balaban J connectivity index is 1.40. The third-order valence-corrected chi connectivity index (χ3v) is 9.70. The van der Waals surface area contributed by atoms with E-state index in [1.165, 1.54) is 41.7 Å². The molecule has 0 bridgehead atoms. The van der Waals surface area contributed by atoms with Gasteiger partial charge in [0.2, 0.25) is 9.84 Å². The maximum atomic E-state index is 13.8. The smallest absolute Gasteiger partial charge is 0.259 e. The van der Waals surface area contributed by atoms with Crippen LogP contribution in [0, 0.1) is 11.8 Å². The van der Waals surface area contributed by atoms with Crippen molar-refractivity contribution < 1.29 is 18.0 Å². The molecule has 2 aliphatic heterocycles. The number of amides is 2. The molecule has 210 valence electrons. The number of hydrogen-bond acceptors (Lipinski definition) is 5. The van der Waals surface area contributed by atoms with E-state index < -0.39 is 15.7 Å². The van der Waals surface area contributed by atoms with Crippen LogP contribution in [-0.4, -0.2) is 51.3 Å². The first kappa shape index (κ1) is 28.3. The van der Waals surface area contributed by atoms with E-state index in [2.05, 4.69) is 24.1 Å². The zero-order valence-electron chi connectivity index (χ0n) is 22.8. The van der Waals surface area contributed by atoms with E-state index in [9.17, 15) is 18.0 Å². The Labute approximate surface area is 241 Å². The van der Waals surface area contributed by atoms with Crippen molar-refractivity contribution in [3.63, 3.8) is 0 Å². The van der Waals surface area contributed by atoms with E-state index >= 15 is 0 Å². The molecule has 40 heavy (non-hydrogen) atoms. The van der Waals surface area contributed by atoms with Crippen LogP contribution >= 0.6 is 11.6 Å². The molecule has 2 aliphatic rings. The molecule has 3 aromatic carbocycles. The number of carbonyl (C=O) groups excluding carboxylic acids is 2. The second-order valence-electron chi connectivity index (χ2n) is 11.0. The highest BCUT2D eigenvalue weighted by atomic mass is 35.5.